The number of nitrogens with zero attached hydrogens (tertiary/aromatic N) is 5. The van der Waals surface area contributed by atoms with Gasteiger partial charge in [0.25, 0.3) is 11.7 Å². The van der Waals surface area contributed by atoms with E-state index in [1.807, 2.05) is 32.0 Å². The van der Waals surface area contributed by atoms with E-state index < -0.39 is 17.7 Å². The van der Waals surface area contributed by atoms with Gasteiger partial charge < -0.3 is 14.9 Å². The number of carbonyl (C=O) groups is 2. The van der Waals surface area contributed by atoms with Crippen molar-refractivity contribution in [3.63, 3.8) is 0 Å². The van der Waals surface area contributed by atoms with Gasteiger partial charge in [-0.1, -0.05) is 6.07 Å². The fourth-order valence-corrected chi connectivity index (χ4v) is 3.55. The van der Waals surface area contributed by atoms with E-state index in [0.717, 1.165) is 5.69 Å². The summed E-state index contributed by atoms with van der Waals surface area (Å²) in [5.74, 6) is -1.49. The number of ketones is 1. The van der Waals surface area contributed by atoms with Crippen LogP contribution in [0, 0.1) is 13.8 Å². The third kappa shape index (κ3) is 3.31. The number of carbonyl (C=O) groups excluding carboxylic acids is 2. The minimum absolute atomic E-state index is 0.0796. The first kappa shape index (κ1) is 19.8. The summed E-state index contributed by atoms with van der Waals surface area (Å²) in [5.41, 5.74) is 2.57. The van der Waals surface area contributed by atoms with Crippen LogP contribution in [0.4, 0.5) is 0 Å². The van der Waals surface area contributed by atoms with Crippen LogP contribution in [-0.4, -0.2) is 68.5 Å². The molecule has 0 spiro atoms. The van der Waals surface area contributed by atoms with Crippen LogP contribution in [0.15, 0.2) is 30.1 Å². The first-order valence-electron chi connectivity index (χ1n) is 9.07. The number of hydrogen-bond acceptors (Lipinski definition) is 6. The summed E-state index contributed by atoms with van der Waals surface area (Å²) in [5, 5.41) is 15.4. The lowest BCUT2D eigenvalue weighted by Gasteiger charge is -2.26. The molecular formula is C20H25N5O3. The Morgan fingerprint density at radius 2 is 2.00 bits per heavy atom. The van der Waals surface area contributed by atoms with Gasteiger partial charge in [-0.25, -0.2) is 0 Å². The van der Waals surface area contributed by atoms with Gasteiger partial charge in [0, 0.05) is 38.2 Å². The number of hydrogen-bond donors (Lipinski definition) is 1. The van der Waals surface area contributed by atoms with Crippen molar-refractivity contribution in [2.24, 2.45) is 7.05 Å². The monoisotopic (exact) mass is 383 g/mol. The fourth-order valence-electron chi connectivity index (χ4n) is 3.55. The average molecular weight is 383 g/mol. The van der Waals surface area contributed by atoms with Crippen molar-refractivity contribution in [3.8, 4) is 0 Å². The summed E-state index contributed by atoms with van der Waals surface area (Å²) in [7, 11) is 5.57. The Kier molecular flexibility index (Phi) is 5.33. The van der Waals surface area contributed by atoms with Crippen LogP contribution in [0.25, 0.3) is 5.76 Å². The van der Waals surface area contributed by atoms with Crippen LogP contribution >= 0.6 is 0 Å². The van der Waals surface area contributed by atoms with Crippen molar-refractivity contribution in [1.29, 1.82) is 0 Å². The van der Waals surface area contributed by atoms with Gasteiger partial charge >= 0.3 is 0 Å². The van der Waals surface area contributed by atoms with Crippen LogP contribution in [0.3, 0.4) is 0 Å². The number of rotatable bonds is 5. The van der Waals surface area contributed by atoms with Gasteiger partial charge in [-0.05, 0) is 39.6 Å². The lowest BCUT2D eigenvalue weighted by molar-refractivity contribution is -0.140. The van der Waals surface area contributed by atoms with Crippen LogP contribution in [-0.2, 0) is 16.6 Å². The number of likely N-dealkylation sites (tertiary alicyclic amines) is 1. The molecule has 1 amide bonds. The highest BCUT2D eigenvalue weighted by Gasteiger charge is 2.46. The number of aliphatic hydroxyl groups excluding tert-OH is 1. The van der Waals surface area contributed by atoms with Crippen molar-refractivity contribution in [1.82, 2.24) is 24.6 Å². The van der Waals surface area contributed by atoms with Gasteiger partial charge in [-0.2, -0.15) is 5.10 Å². The largest absolute Gasteiger partial charge is 0.507 e. The number of amides is 1. The first-order valence-corrected chi connectivity index (χ1v) is 9.07. The molecule has 0 aliphatic carbocycles. The predicted octanol–water partition coefficient (Wildman–Crippen LogP) is 1.42. The van der Waals surface area contributed by atoms with Crippen molar-refractivity contribution < 1.29 is 14.7 Å². The zero-order chi connectivity index (χ0) is 20.6. The molecule has 2 aromatic rings. The zero-order valence-electron chi connectivity index (χ0n) is 16.8. The van der Waals surface area contributed by atoms with E-state index in [1.165, 1.54) is 4.90 Å². The lowest BCUT2D eigenvalue weighted by Crippen LogP contribution is -2.35. The van der Waals surface area contributed by atoms with E-state index in [2.05, 4.69) is 10.1 Å². The molecule has 8 heteroatoms. The van der Waals surface area contributed by atoms with Gasteiger partial charge in [0.1, 0.15) is 5.76 Å². The Bertz CT molecular complexity index is 946. The SMILES string of the molecule is Cc1nn(C)c(C)c1C(O)=C1C(=O)C(=O)N(CCN(C)C)C1c1cccnc1. The van der Waals surface area contributed by atoms with Gasteiger partial charge in [0.2, 0.25) is 0 Å². The Morgan fingerprint density at radius 1 is 1.29 bits per heavy atom. The van der Waals surface area contributed by atoms with Crippen molar-refractivity contribution >= 4 is 17.4 Å². The first-order chi connectivity index (χ1) is 13.2. The second kappa shape index (κ2) is 7.55. The van der Waals surface area contributed by atoms with E-state index in [4.69, 9.17) is 0 Å². The van der Waals surface area contributed by atoms with Gasteiger partial charge in [0.15, 0.2) is 0 Å². The third-order valence-electron chi connectivity index (χ3n) is 5.07. The second-order valence-electron chi connectivity index (χ2n) is 7.25. The highest BCUT2D eigenvalue weighted by molar-refractivity contribution is 6.46. The summed E-state index contributed by atoms with van der Waals surface area (Å²) in [6.45, 7) is 4.53. The minimum atomic E-state index is -0.687. The molecule has 1 unspecified atom stereocenters. The number of likely N-dealkylation sites (N-methyl/N-ethyl adjacent to an activating group) is 1. The van der Waals surface area contributed by atoms with Crippen LogP contribution in [0.1, 0.15) is 28.6 Å². The Labute approximate surface area is 164 Å². The standard InChI is InChI=1S/C20H25N5O3/c1-12-15(13(2)24(5)22-12)18(26)16-17(14-7-6-8-21-11-14)25(10-9-23(3)4)20(28)19(16)27/h6-8,11,17,26H,9-10H2,1-5H3. The number of pyridine rings is 1. The number of Topliss-reactive ketones (excluding diaryl/α,β-unsaturated/α-hetero) is 1. The van der Waals surface area contributed by atoms with Crippen molar-refractivity contribution in [2.45, 2.75) is 19.9 Å². The number of aliphatic hydroxyl groups is 1. The Morgan fingerprint density at radius 3 is 2.54 bits per heavy atom. The molecule has 148 valence electrons. The molecule has 1 atom stereocenters. The smallest absolute Gasteiger partial charge is 0.295 e. The molecule has 3 heterocycles. The maximum absolute atomic E-state index is 12.9. The minimum Gasteiger partial charge on any atom is -0.507 e. The van der Waals surface area contributed by atoms with E-state index in [1.54, 1.807) is 37.1 Å². The molecule has 28 heavy (non-hydrogen) atoms. The molecule has 1 N–H and O–H groups in total. The molecule has 8 nitrogen and oxygen atoms in total. The summed E-state index contributed by atoms with van der Waals surface area (Å²) < 4.78 is 1.64. The molecule has 0 bridgehead atoms. The number of aryl methyl sites for hydroxylation is 2. The van der Waals surface area contributed by atoms with Gasteiger partial charge in [-0.3, -0.25) is 19.3 Å². The molecular weight excluding hydrogens is 358 g/mol. The Balaban J connectivity index is 2.19. The number of aromatic nitrogens is 3. The quantitative estimate of drug-likeness (QED) is 0.477. The molecule has 0 radical (unpaired) electrons. The summed E-state index contributed by atoms with van der Waals surface area (Å²) >= 11 is 0. The normalized spacial score (nSPS) is 19.1. The molecule has 1 aliphatic heterocycles. The molecule has 0 aromatic carbocycles. The van der Waals surface area contributed by atoms with Crippen molar-refractivity contribution in [2.75, 3.05) is 27.2 Å². The molecule has 0 saturated carbocycles. The Hall–Kier alpha value is -3.00. The topological polar surface area (TPSA) is 91.6 Å². The maximum atomic E-state index is 12.9. The van der Waals surface area contributed by atoms with E-state index >= 15 is 0 Å². The zero-order valence-corrected chi connectivity index (χ0v) is 16.8. The van der Waals surface area contributed by atoms with E-state index in [-0.39, 0.29) is 11.3 Å². The fraction of sp³-hybridized carbons (Fsp3) is 0.400. The molecule has 3 rings (SSSR count). The van der Waals surface area contributed by atoms with Gasteiger partial charge in [-0.15, -0.1) is 0 Å². The summed E-state index contributed by atoms with van der Waals surface area (Å²) in [6.07, 6.45) is 3.25. The van der Waals surface area contributed by atoms with Crippen LogP contribution in [0.2, 0.25) is 0 Å². The third-order valence-corrected chi connectivity index (χ3v) is 5.07. The molecule has 1 fully saturated rings. The second-order valence-corrected chi connectivity index (χ2v) is 7.25. The predicted molar refractivity (Wildman–Crippen MR) is 104 cm³/mol. The average Bonchev–Trinajstić information content (AvgIpc) is 3.06. The van der Waals surface area contributed by atoms with E-state index in [9.17, 15) is 14.7 Å². The maximum Gasteiger partial charge on any atom is 0.295 e. The highest BCUT2D eigenvalue weighted by atomic mass is 16.3. The van der Waals surface area contributed by atoms with Gasteiger partial charge in [0.05, 0.1) is 22.9 Å². The van der Waals surface area contributed by atoms with E-state index in [0.29, 0.717) is 29.9 Å². The molecule has 1 saturated heterocycles. The summed E-state index contributed by atoms with van der Waals surface area (Å²) in [6, 6.07) is 2.87. The van der Waals surface area contributed by atoms with Crippen LogP contribution in [0.5, 0.6) is 0 Å². The highest BCUT2D eigenvalue weighted by Crippen LogP contribution is 2.39. The lowest BCUT2D eigenvalue weighted by atomic mass is 9.95. The molecule has 2 aromatic heterocycles. The van der Waals surface area contributed by atoms with Crippen LogP contribution < -0.4 is 0 Å². The summed E-state index contributed by atoms with van der Waals surface area (Å²) in [4.78, 5) is 33.3. The van der Waals surface area contributed by atoms with Crippen molar-refractivity contribution in [3.05, 3.63) is 52.6 Å². The molecule has 1 aliphatic rings.